The maximum Gasteiger partial charge on any atom is 0.241 e. The molecule has 0 bridgehead atoms. The summed E-state index contributed by atoms with van der Waals surface area (Å²) in [6.07, 6.45) is 4.62. The molecule has 1 aliphatic carbocycles. The molecule has 1 saturated carbocycles. The topological polar surface area (TPSA) is 69.4 Å². The average Bonchev–Trinajstić information content (AvgIpc) is 2.43. The number of hydrogen-bond acceptors (Lipinski definition) is 3. The first-order chi connectivity index (χ1) is 9.84. The molecule has 2 atom stereocenters. The second kappa shape index (κ2) is 6.27. The van der Waals surface area contributed by atoms with Gasteiger partial charge < -0.3 is 4.74 Å². The molecule has 2 rings (SSSR count). The van der Waals surface area contributed by atoms with Gasteiger partial charge in [0.15, 0.2) is 11.6 Å². The first-order valence-electron chi connectivity index (χ1n) is 7.02. The van der Waals surface area contributed by atoms with Crippen LogP contribution in [0.5, 0.6) is 5.75 Å². The zero-order valence-electron chi connectivity index (χ0n) is 11.8. The summed E-state index contributed by atoms with van der Waals surface area (Å²) in [4.78, 5) is -0.858. The normalized spacial score (nSPS) is 23.0. The van der Waals surface area contributed by atoms with Gasteiger partial charge in [-0.15, -0.1) is 0 Å². The van der Waals surface area contributed by atoms with E-state index < -0.39 is 26.6 Å². The van der Waals surface area contributed by atoms with E-state index >= 15 is 0 Å². The Labute approximate surface area is 123 Å². The fraction of sp³-hybridized carbons (Fsp3) is 0.571. The Morgan fingerprint density at radius 3 is 2.52 bits per heavy atom. The first kappa shape index (κ1) is 16.2. The summed E-state index contributed by atoms with van der Waals surface area (Å²) < 4.78 is 55.6. The van der Waals surface area contributed by atoms with Gasteiger partial charge in [-0.3, -0.25) is 0 Å². The third kappa shape index (κ3) is 3.52. The molecule has 1 aromatic rings. The van der Waals surface area contributed by atoms with Crippen molar-refractivity contribution in [3.63, 3.8) is 0 Å². The highest BCUT2D eigenvalue weighted by atomic mass is 32.2. The molecule has 118 valence electrons. The lowest BCUT2D eigenvalue weighted by atomic mass is 9.85. The van der Waals surface area contributed by atoms with Gasteiger partial charge in [-0.1, -0.05) is 13.3 Å². The van der Waals surface area contributed by atoms with Gasteiger partial charge in [0.2, 0.25) is 15.8 Å². The molecule has 1 aliphatic rings. The highest BCUT2D eigenvalue weighted by molar-refractivity contribution is 7.89. The zero-order chi connectivity index (χ0) is 15.6. The van der Waals surface area contributed by atoms with Crippen molar-refractivity contribution in [2.24, 2.45) is 11.1 Å². The van der Waals surface area contributed by atoms with Crippen LogP contribution in [0.2, 0.25) is 0 Å². The van der Waals surface area contributed by atoms with Crippen LogP contribution >= 0.6 is 0 Å². The molecule has 0 radical (unpaired) electrons. The molecule has 2 N–H and O–H groups in total. The van der Waals surface area contributed by atoms with Crippen LogP contribution in [0.1, 0.15) is 39.0 Å². The van der Waals surface area contributed by atoms with Gasteiger partial charge in [-0.25, -0.2) is 17.9 Å². The molecule has 4 nitrogen and oxygen atoms in total. The van der Waals surface area contributed by atoms with E-state index in [0.717, 1.165) is 44.2 Å². The lowest BCUT2D eigenvalue weighted by Gasteiger charge is -2.31. The molecule has 21 heavy (non-hydrogen) atoms. The van der Waals surface area contributed by atoms with Crippen molar-refractivity contribution < 1.29 is 21.9 Å². The summed E-state index contributed by atoms with van der Waals surface area (Å²) in [5.41, 5.74) is 0. The SMILES string of the molecule is CCC1CCCCC1Oc1ccc(S(N)(=O)=O)c(F)c1F. The number of halogens is 2. The Kier molecular flexibility index (Phi) is 4.83. The van der Waals surface area contributed by atoms with Gasteiger partial charge in [-0.2, -0.15) is 4.39 Å². The van der Waals surface area contributed by atoms with Crippen LogP contribution in [0.15, 0.2) is 17.0 Å². The van der Waals surface area contributed by atoms with Crippen LogP contribution < -0.4 is 9.88 Å². The number of rotatable bonds is 4. The smallest absolute Gasteiger partial charge is 0.241 e. The molecule has 2 unspecified atom stereocenters. The maximum absolute atomic E-state index is 14.0. The number of sulfonamides is 1. The van der Waals surface area contributed by atoms with Crippen molar-refractivity contribution in [3.05, 3.63) is 23.8 Å². The van der Waals surface area contributed by atoms with E-state index in [1.54, 1.807) is 0 Å². The number of benzene rings is 1. The van der Waals surface area contributed by atoms with Crippen molar-refractivity contribution in [3.8, 4) is 5.75 Å². The fourth-order valence-electron chi connectivity index (χ4n) is 2.78. The second-order valence-electron chi connectivity index (χ2n) is 5.34. The maximum atomic E-state index is 14.0. The van der Waals surface area contributed by atoms with Gasteiger partial charge in [0.25, 0.3) is 0 Å². The largest absolute Gasteiger partial charge is 0.487 e. The van der Waals surface area contributed by atoms with Crippen LogP contribution in [-0.4, -0.2) is 14.5 Å². The molecule has 7 heteroatoms. The Morgan fingerprint density at radius 2 is 1.90 bits per heavy atom. The van der Waals surface area contributed by atoms with Crippen LogP contribution in [0.25, 0.3) is 0 Å². The van der Waals surface area contributed by atoms with E-state index in [2.05, 4.69) is 0 Å². The summed E-state index contributed by atoms with van der Waals surface area (Å²) >= 11 is 0. The summed E-state index contributed by atoms with van der Waals surface area (Å²) in [5, 5.41) is 4.83. The predicted octanol–water partition coefficient (Wildman–Crippen LogP) is 2.96. The Balaban J connectivity index is 2.27. The quantitative estimate of drug-likeness (QED) is 0.927. The molecular formula is C14H19F2NO3S. The summed E-state index contributed by atoms with van der Waals surface area (Å²) in [6, 6.07) is 2.06. The number of nitrogens with two attached hydrogens (primary N) is 1. The molecule has 0 spiro atoms. The first-order valence-corrected chi connectivity index (χ1v) is 8.56. The third-order valence-corrected chi connectivity index (χ3v) is 4.89. The van der Waals surface area contributed by atoms with Crippen molar-refractivity contribution in [1.29, 1.82) is 0 Å². The second-order valence-corrected chi connectivity index (χ2v) is 6.87. The monoisotopic (exact) mass is 319 g/mol. The van der Waals surface area contributed by atoms with Crippen molar-refractivity contribution >= 4 is 10.0 Å². The van der Waals surface area contributed by atoms with Crippen LogP contribution in [-0.2, 0) is 10.0 Å². The van der Waals surface area contributed by atoms with E-state index in [1.165, 1.54) is 0 Å². The van der Waals surface area contributed by atoms with E-state index in [0.29, 0.717) is 5.92 Å². The average molecular weight is 319 g/mol. The fourth-order valence-corrected chi connectivity index (χ4v) is 3.38. The van der Waals surface area contributed by atoms with Gasteiger partial charge >= 0.3 is 0 Å². The number of primary sulfonamides is 1. The van der Waals surface area contributed by atoms with E-state index in [1.807, 2.05) is 6.92 Å². The van der Waals surface area contributed by atoms with Crippen molar-refractivity contribution in [2.75, 3.05) is 0 Å². The molecular weight excluding hydrogens is 300 g/mol. The molecule has 0 saturated heterocycles. The van der Waals surface area contributed by atoms with E-state index in [4.69, 9.17) is 9.88 Å². The molecule has 1 fully saturated rings. The number of hydrogen-bond donors (Lipinski definition) is 1. The van der Waals surface area contributed by atoms with Gasteiger partial charge in [0.1, 0.15) is 11.0 Å². The Hall–Kier alpha value is -1.21. The van der Waals surface area contributed by atoms with Crippen LogP contribution in [0.3, 0.4) is 0 Å². The summed E-state index contributed by atoms with van der Waals surface area (Å²) in [5.74, 6) is -2.75. The lowest BCUT2D eigenvalue weighted by molar-refractivity contribution is 0.0853. The molecule has 0 heterocycles. The minimum absolute atomic E-state index is 0.169. The van der Waals surface area contributed by atoms with Crippen molar-refractivity contribution in [2.45, 2.75) is 50.0 Å². The molecule has 0 aromatic heterocycles. The predicted molar refractivity (Wildman–Crippen MR) is 74.4 cm³/mol. The summed E-state index contributed by atoms with van der Waals surface area (Å²) in [6.45, 7) is 2.04. The molecule has 0 aliphatic heterocycles. The van der Waals surface area contributed by atoms with Gasteiger partial charge in [-0.05, 0) is 43.7 Å². The molecule has 0 amide bonds. The Bertz CT molecular complexity index is 619. The standard InChI is InChI=1S/C14H19F2NO3S/c1-2-9-5-3-4-6-10(9)20-11-7-8-12(21(17,18)19)14(16)13(11)15/h7-10H,2-6H2,1H3,(H2,17,18,19). The van der Waals surface area contributed by atoms with Crippen LogP contribution in [0.4, 0.5) is 8.78 Å². The summed E-state index contributed by atoms with van der Waals surface area (Å²) in [7, 11) is -4.29. The highest BCUT2D eigenvalue weighted by Crippen LogP contribution is 2.33. The highest BCUT2D eigenvalue weighted by Gasteiger charge is 2.28. The third-order valence-electron chi connectivity index (χ3n) is 3.96. The minimum Gasteiger partial charge on any atom is -0.487 e. The Morgan fingerprint density at radius 1 is 1.24 bits per heavy atom. The van der Waals surface area contributed by atoms with Crippen LogP contribution in [0, 0.1) is 17.6 Å². The number of ether oxygens (including phenoxy) is 1. The van der Waals surface area contributed by atoms with E-state index in [-0.39, 0.29) is 11.9 Å². The minimum atomic E-state index is -4.29. The van der Waals surface area contributed by atoms with E-state index in [9.17, 15) is 17.2 Å². The lowest BCUT2D eigenvalue weighted by Crippen LogP contribution is -2.30. The van der Waals surface area contributed by atoms with Gasteiger partial charge in [0, 0.05) is 0 Å². The van der Waals surface area contributed by atoms with Crippen molar-refractivity contribution in [1.82, 2.24) is 0 Å². The van der Waals surface area contributed by atoms with Gasteiger partial charge in [0.05, 0.1) is 0 Å². The molecule has 1 aromatic carbocycles. The zero-order valence-corrected chi connectivity index (χ0v) is 12.6.